The van der Waals surface area contributed by atoms with Crippen LogP contribution >= 0.6 is 0 Å². The predicted octanol–water partition coefficient (Wildman–Crippen LogP) is 0.425. The summed E-state index contributed by atoms with van der Waals surface area (Å²) in [6.45, 7) is 1.78. The van der Waals surface area contributed by atoms with Crippen LogP contribution in [0.3, 0.4) is 0 Å². The van der Waals surface area contributed by atoms with Crippen molar-refractivity contribution >= 4 is 11.8 Å². The highest BCUT2D eigenvalue weighted by atomic mass is 16.2. The Kier molecular flexibility index (Phi) is 3.92. The molecule has 0 spiro atoms. The van der Waals surface area contributed by atoms with E-state index in [-0.39, 0.29) is 23.8 Å². The first-order valence-corrected chi connectivity index (χ1v) is 7.54. The molecule has 1 aromatic rings. The summed E-state index contributed by atoms with van der Waals surface area (Å²) in [7, 11) is 0. The number of nitrogens with zero attached hydrogens (tertiary/aromatic N) is 1. The van der Waals surface area contributed by atoms with Crippen LogP contribution in [-0.2, 0) is 22.6 Å². The minimum Gasteiger partial charge on any atom is -0.354 e. The number of benzene rings is 1. The van der Waals surface area contributed by atoms with Crippen molar-refractivity contribution in [3.8, 4) is 0 Å². The number of amides is 2. The number of fused-ring (bicyclic) bond motifs is 1. The molecule has 2 amide bonds. The fourth-order valence-electron chi connectivity index (χ4n) is 3.45. The Bertz CT molecular complexity index is 558. The monoisotopic (exact) mass is 287 g/mol. The van der Waals surface area contributed by atoms with Crippen molar-refractivity contribution < 1.29 is 9.59 Å². The summed E-state index contributed by atoms with van der Waals surface area (Å²) in [6.07, 6.45) is 2.16. The third-order valence-corrected chi connectivity index (χ3v) is 4.60. The minimum atomic E-state index is -0.0209. The molecule has 0 aromatic heterocycles. The van der Waals surface area contributed by atoms with Crippen LogP contribution < -0.4 is 11.1 Å². The van der Waals surface area contributed by atoms with Gasteiger partial charge in [0, 0.05) is 19.6 Å². The van der Waals surface area contributed by atoms with Crippen molar-refractivity contribution in [2.24, 2.45) is 11.7 Å². The van der Waals surface area contributed by atoms with Gasteiger partial charge in [0.15, 0.2) is 0 Å². The van der Waals surface area contributed by atoms with Gasteiger partial charge in [0.05, 0.1) is 18.4 Å². The lowest BCUT2D eigenvalue weighted by Gasteiger charge is -2.36. The van der Waals surface area contributed by atoms with Crippen molar-refractivity contribution in [3.63, 3.8) is 0 Å². The van der Waals surface area contributed by atoms with E-state index in [0.717, 1.165) is 30.5 Å². The van der Waals surface area contributed by atoms with Gasteiger partial charge < -0.3 is 16.0 Å². The standard InChI is InChI=1S/C16H21N3O2/c17-9-12-5-2-1-4-11(12)8-15(20)19-7-3-6-13-14(19)10-18-16(13)21/h1-2,4-5,13-14H,3,6-10,17H2,(H,18,21). The molecule has 0 saturated carbocycles. The van der Waals surface area contributed by atoms with Gasteiger partial charge in [-0.25, -0.2) is 0 Å². The molecule has 3 rings (SSSR count). The summed E-state index contributed by atoms with van der Waals surface area (Å²) in [5, 5.41) is 2.88. The predicted molar refractivity (Wildman–Crippen MR) is 79.3 cm³/mol. The Hall–Kier alpha value is -1.88. The number of piperidine rings is 1. The van der Waals surface area contributed by atoms with E-state index in [9.17, 15) is 9.59 Å². The maximum Gasteiger partial charge on any atom is 0.227 e. The Morgan fingerprint density at radius 3 is 2.86 bits per heavy atom. The van der Waals surface area contributed by atoms with E-state index in [2.05, 4.69) is 5.32 Å². The normalized spacial score (nSPS) is 24.6. The third kappa shape index (κ3) is 2.65. The molecule has 0 radical (unpaired) electrons. The number of nitrogens with two attached hydrogens (primary N) is 1. The molecule has 2 heterocycles. The van der Waals surface area contributed by atoms with Gasteiger partial charge in [0.2, 0.25) is 11.8 Å². The highest BCUT2D eigenvalue weighted by molar-refractivity contribution is 5.85. The van der Waals surface area contributed by atoms with Gasteiger partial charge in [-0.2, -0.15) is 0 Å². The lowest BCUT2D eigenvalue weighted by atomic mass is 9.91. The fraction of sp³-hybridized carbons (Fsp3) is 0.500. The van der Waals surface area contributed by atoms with Crippen LogP contribution in [0.2, 0.25) is 0 Å². The second kappa shape index (κ2) is 5.85. The largest absolute Gasteiger partial charge is 0.354 e. The number of carbonyl (C=O) groups is 2. The second-order valence-corrected chi connectivity index (χ2v) is 5.80. The van der Waals surface area contributed by atoms with E-state index >= 15 is 0 Å². The smallest absolute Gasteiger partial charge is 0.227 e. The zero-order valence-electron chi connectivity index (χ0n) is 12.0. The van der Waals surface area contributed by atoms with Crippen LogP contribution in [0, 0.1) is 5.92 Å². The summed E-state index contributed by atoms with van der Waals surface area (Å²) < 4.78 is 0. The first-order valence-electron chi connectivity index (χ1n) is 7.54. The van der Waals surface area contributed by atoms with Gasteiger partial charge in [0.1, 0.15) is 0 Å². The highest BCUT2D eigenvalue weighted by Gasteiger charge is 2.42. The number of nitrogens with one attached hydrogen (secondary N) is 1. The van der Waals surface area contributed by atoms with E-state index in [0.29, 0.717) is 19.5 Å². The molecule has 2 atom stereocenters. The summed E-state index contributed by atoms with van der Waals surface area (Å²) in [6, 6.07) is 7.82. The van der Waals surface area contributed by atoms with Crippen LogP contribution in [0.5, 0.6) is 0 Å². The van der Waals surface area contributed by atoms with Crippen LogP contribution in [0.4, 0.5) is 0 Å². The second-order valence-electron chi connectivity index (χ2n) is 5.80. The maximum atomic E-state index is 12.6. The molecule has 2 aliphatic rings. The zero-order valence-corrected chi connectivity index (χ0v) is 12.0. The van der Waals surface area contributed by atoms with Crippen molar-refractivity contribution in [1.82, 2.24) is 10.2 Å². The van der Waals surface area contributed by atoms with Crippen LogP contribution in [-0.4, -0.2) is 35.8 Å². The van der Waals surface area contributed by atoms with E-state index in [1.54, 1.807) is 0 Å². The van der Waals surface area contributed by atoms with Crippen molar-refractivity contribution in [2.75, 3.05) is 13.1 Å². The molecule has 112 valence electrons. The molecule has 2 saturated heterocycles. The summed E-state index contributed by atoms with van der Waals surface area (Å²) >= 11 is 0. The van der Waals surface area contributed by atoms with Gasteiger partial charge in [-0.3, -0.25) is 9.59 Å². The SMILES string of the molecule is NCc1ccccc1CC(=O)N1CCCC2C(=O)NCC21. The van der Waals surface area contributed by atoms with Gasteiger partial charge >= 0.3 is 0 Å². The maximum absolute atomic E-state index is 12.6. The van der Waals surface area contributed by atoms with Gasteiger partial charge in [0.25, 0.3) is 0 Å². The average Bonchev–Trinajstić information content (AvgIpc) is 2.89. The molecule has 21 heavy (non-hydrogen) atoms. The lowest BCUT2D eigenvalue weighted by molar-refractivity contribution is -0.136. The van der Waals surface area contributed by atoms with E-state index in [4.69, 9.17) is 5.73 Å². The zero-order chi connectivity index (χ0) is 14.8. The lowest BCUT2D eigenvalue weighted by Crippen LogP contribution is -2.49. The minimum absolute atomic E-state index is 0.0209. The Morgan fingerprint density at radius 1 is 1.33 bits per heavy atom. The third-order valence-electron chi connectivity index (χ3n) is 4.60. The number of hydrogen-bond acceptors (Lipinski definition) is 3. The molecule has 3 N–H and O–H groups in total. The molecule has 0 bridgehead atoms. The Balaban J connectivity index is 1.74. The molecule has 2 fully saturated rings. The van der Waals surface area contributed by atoms with E-state index < -0.39 is 0 Å². The highest BCUT2D eigenvalue weighted by Crippen LogP contribution is 2.28. The average molecular weight is 287 g/mol. The number of rotatable bonds is 3. The van der Waals surface area contributed by atoms with Crippen molar-refractivity contribution in [1.29, 1.82) is 0 Å². The molecule has 1 aromatic carbocycles. The van der Waals surface area contributed by atoms with Crippen LogP contribution in [0.1, 0.15) is 24.0 Å². The molecular formula is C16H21N3O2. The summed E-state index contributed by atoms with van der Waals surface area (Å²) in [5.41, 5.74) is 7.73. The molecule has 2 aliphatic heterocycles. The van der Waals surface area contributed by atoms with Gasteiger partial charge in [-0.05, 0) is 24.0 Å². The Labute approximate surface area is 124 Å². The van der Waals surface area contributed by atoms with Crippen molar-refractivity contribution in [3.05, 3.63) is 35.4 Å². The molecule has 5 nitrogen and oxygen atoms in total. The first kappa shape index (κ1) is 14.1. The number of hydrogen-bond donors (Lipinski definition) is 2. The van der Waals surface area contributed by atoms with E-state index in [1.807, 2.05) is 29.2 Å². The van der Waals surface area contributed by atoms with Crippen LogP contribution in [0.25, 0.3) is 0 Å². The molecule has 5 heteroatoms. The van der Waals surface area contributed by atoms with Gasteiger partial charge in [-0.15, -0.1) is 0 Å². The molecule has 2 unspecified atom stereocenters. The Morgan fingerprint density at radius 2 is 2.10 bits per heavy atom. The van der Waals surface area contributed by atoms with Gasteiger partial charge in [-0.1, -0.05) is 24.3 Å². The van der Waals surface area contributed by atoms with Crippen LogP contribution in [0.15, 0.2) is 24.3 Å². The first-order chi connectivity index (χ1) is 10.2. The fourth-order valence-corrected chi connectivity index (χ4v) is 3.45. The quantitative estimate of drug-likeness (QED) is 0.846. The number of likely N-dealkylation sites (tertiary alicyclic amines) is 1. The topological polar surface area (TPSA) is 75.4 Å². The van der Waals surface area contributed by atoms with Crippen molar-refractivity contribution in [2.45, 2.75) is 31.8 Å². The van der Waals surface area contributed by atoms with E-state index in [1.165, 1.54) is 0 Å². The summed E-state index contributed by atoms with van der Waals surface area (Å²) in [5.74, 6) is 0.175. The summed E-state index contributed by atoms with van der Waals surface area (Å²) in [4.78, 5) is 26.3. The molecule has 0 aliphatic carbocycles. The number of carbonyl (C=O) groups excluding carboxylic acids is 2. The molecular weight excluding hydrogens is 266 g/mol.